The van der Waals surface area contributed by atoms with Crippen LogP contribution >= 0.6 is 11.5 Å². The summed E-state index contributed by atoms with van der Waals surface area (Å²) in [6.07, 6.45) is 4.60. The minimum atomic E-state index is -0.716. The smallest absolute Gasteiger partial charge is 0.273 e. The van der Waals surface area contributed by atoms with Crippen LogP contribution in [0.2, 0.25) is 0 Å². The zero-order valence-corrected chi connectivity index (χ0v) is 11.2. The van der Waals surface area contributed by atoms with Crippen molar-refractivity contribution < 1.29 is 4.79 Å². The number of amides is 1. The molecule has 0 aromatic carbocycles. The van der Waals surface area contributed by atoms with Gasteiger partial charge in [-0.05, 0) is 43.1 Å². The summed E-state index contributed by atoms with van der Waals surface area (Å²) in [6, 6.07) is 2.28. The molecule has 1 saturated carbocycles. The van der Waals surface area contributed by atoms with Crippen LogP contribution in [0, 0.1) is 17.2 Å². The summed E-state index contributed by atoms with van der Waals surface area (Å²) in [5, 5.41) is 17.5. The highest BCUT2D eigenvalue weighted by Crippen LogP contribution is 2.33. The van der Waals surface area contributed by atoms with E-state index in [1.54, 1.807) is 5.38 Å². The fraction of sp³-hybridized carbons (Fsp3) is 0.667. The second kappa shape index (κ2) is 5.44. The van der Waals surface area contributed by atoms with Crippen LogP contribution in [0.5, 0.6) is 0 Å². The van der Waals surface area contributed by atoms with Crippen LogP contribution in [0.1, 0.15) is 49.5 Å². The van der Waals surface area contributed by atoms with Gasteiger partial charge < -0.3 is 5.32 Å². The van der Waals surface area contributed by atoms with Crippen LogP contribution < -0.4 is 5.32 Å². The van der Waals surface area contributed by atoms with Gasteiger partial charge >= 0.3 is 0 Å². The topological polar surface area (TPSA) is 78.7 Å². The van der Waals surface area contributed by atoms with E-state index in [-0.39, 0.29) is 5.91 Å². The Balaban J connectivity index is 2.02. The lowest BCUT2D eigenvalue weighted by Crippen LogP contribution is -2.49. The van der Waals surface area contributed by atoms with E-state index in [9.17, 15) is 10.1 Å². The summed E-state index contributed by atoms with van der Waals surface area (Å²) in [4.78, 5) is 11.9. The number of nitrogens with one attached hydrogen (secondary N) is 1. The fourth-order valence-electron chi connectivity index (χ4n) is 2.39. The molecule has 0 spiro atoms. The third-order valence-corrected chi connectivity index (χ3v) is 4.20. The van der Waals surface area contributed by atoms with E-state index in [4.69, 9.17) is 0 Å². The van der Waals surface area contributed by atoms with E-state index in [0.29, 0.717) is 11.6 Å². The number of nitriles is 1. The van der Waals surface area contributed by atoms with Gasteiger partial charge in [-0.1, -0.05) is 17.8 Å². The van der Waals surface area contributed by atoms with Gasteiger partial charge in [-0.15, -0.1) is 5.10 Å². The summed E-state index contributed by atoms with van der Waals surface area (Å²) in [5.74, 6) is 0.393. The van der Waals surface area contributed by atoms with E-state index in [0.717, 1.165) is 43.6 Å². The molecule has 1 aliphatic rings. The van der Waals surface area contributed by atoms with Crippen LogP contribution in [0.25, 0.3) is 0 Å². The maximum absolute atomic E-state index is 11.9. The highest BCUT2D eigenvalue weighted by molar-refractivity contribution is 7.03. The Kier molecular flexibility index (Phi) is 3.92. The van der Waals surface area contributed by atoms with Crippen LogP contribution in [0.4, 0.5) is 0 Å². The predicted octanol–water partition coefficient (Wildman–Crippen LogP) is 2.13. The van der Waals surface area contributed by atoms with Gasteiger partial charge in [-0.2, -0.15) is 5.26 Å². The number of carbonyl (C=O) groups is 1. The molecule has 2 rings (SSSR count). The van der Waals surface area contributed by atoms with Gasteiger partial charge in [-0.25, -0.2) is 0 Å². The van der Waals surface area contributed by atoms with E-state index >= 15 is 0 Å². The number of carbonyl (C=O) groups excluding carboxylic acids is 1. The summed E-state index contributed by atoms with van der Waals surface area (Å²) < 4.78 is 3.66. The van der Waals surface area contributed by atoms with E-state index < -0.39 is 5.54 Å². The van der Waals surface area contributed by atoms with Crippen LogP contribution in [-0.2, 0) is 0 Å². The Labute approximate surface area is 110 Å². The normalized spacial score (nSPS) is 27.4. The minimum absolute atomic E-state index is 0.291. The largest absolute Gasteiger partial charge is 0.332 e. The first-order valence-electron chi connectivity index (χ1n) is 6.20. The lowest BCUT2D eigenvalue weighted by molar-refractivity contribution is 0.0886. The molecule has 6 heteroatoms. The van der Waals surface area contributed by atoms with Crippen molar-refractivity contribution in [1.29, 1.82) is 5.26 Å². The summed E-state index contributed by atoms with van der Waals surface area (Å²) in [5.41, 5.74) is -0.418. The summed E-state index contributed by atoms with van der Waals surface area (Å²) in [7, 11) is 0. The van der Waals surface area contributed by atoms with E-state index in [2.05, 4.69) is 27.9 Å². The molecule has 18 heavy (non-hydrogen) atoms. The molecule has 0 aliphatic heterocycles. The molecule has 1 aliphatic carbocycles. The van der Waals surface area contributed by atoms with Crippen LogP contribution in [0.15, 0.2) is 5.38 Å². The number of rotatable bonds is 3. The lowest BCUT2D eigenvalue weighted by Gasteiger charge is -2.35. The third kappa shape index (κ3) is 2.67. The molecule has 0 bridgehead atoms. The second-order valence-corrected chi connectivity index (χ2v) is 5.40. The molecule has 5 nitrogen and oxygen atoms in total. The van der Waals surface area contributed by atoms with Gasteiger partial charge in [0.05, 0.1) is 6.07 Å². The predicted molar refractivity (Wildman–Crippen MR) is 68.0 cm³/mol. The molecule has 1 N–H and O–H groups in total. The maximum Gasteiger partial charge on any atom is 0.273 e. The highest BCUT2D eigenvalue weighted by Gasteiger charge is 2.36. The monoisotopic (exact) mass is 264 g/mol. The average molecular weight is 264 g/mol. The van der Waals surface area contributed by atoms with Crippen molar-refractivity contribution >= 4 is 17.4 Å². The van der Waals surface area contributed by atoms with Gasteiger partial charge in [0.15, 0.2) is 5.69 Å². The van der Waals surface area contributed by atoms with Crippen LogP contribution in [0.3, 0.4) is 0 Å². The number of aromatic nitrogens is 2. The Morgan fingerprint density at radius 1 is 1.67 bits per heavy atom. The fourth-order valence-corrected chi connectivity index (χ4v) is 2.82. The summed E-state index contributed by atoms with van der Waals surface area (Å²) >= 11 is 1.14. The molecule has 0 unspecified atom stereocenters. The molecule has 0 saturated heterocycles. The Hall–Kier alpha value is -1.48. The zero-order valence-electron chi connectivity index (χ0n) is 10.3. The molecule has 1 aromatic rings. The maximum atomic E-state index is 11.9. The van der Waals surface area contributed by atoms with Gasteiger partial charge in [0.25, 0.3) is 5.91 Å². The van der Waals surface area contributed by atoms with Crippen LogP contribution in [-0.4, -0.2) is 21.0 Å². The number of hydrogen-bond acceptors (Lipinski definition) is 5. The second-order valence-electron chi connectivity index (χ2n) is 4.79. The van der Waals surface area contributed by atoms with Gasteiger partial charge in [0, 0.05) is 5.38 Å². The quantitative estimate of drug-likeness (QED) is 0.907. The number of hydrogen-bond donors (Lipinski definition) is 1. The molecule has 1 heterocycles. The molecular formula is C12H16N4OS. The van der Waals surface area contributed by atoms with Gasteiger partial charge in [-0.3, -0.25) is 4.79 Å². The Bertz CT molecular complexity index is 443. The van der Waals surface area contributed by atoms with Crippen molar-refractivity contribution in [1.82, 2.24) is 14.9 Å². The molecule has 1 aromatic heterocycles. The first-order valence-corrected chi connectivity index (χ1v) is 7.03. The molecule has 96 valence electrons. The van der Waals surface area contributed by atoms with Crippen molar-refractivity contribution in [3.63, 3.8) is 0 Å². The first-order chi connectivity index (χ1) is 8.69. The van der Waals surface area contributed by atoms with Crippen molar-refractivity contribution in [2.24, 2.45) is 5.92 Å². The molecule has 1 fully saturated rings. The lowest BCUT2D eigenvalue weighted by atomic mass is 9.76. The Morgan fingerprint density at radius 3 is 2.89 bits per heavy atom. The van der Waals surface area contributed by atoms with Crippen molar-refractivity contribution in [3.05, 3.63) is 11.1 Å². The zero-order chi connectivity index (χ0) is 13.0. The third-order valence-electron chi connectivity index (χ3n) is 3.70. The standard InChI is InChI=1S/C12H16N4OS/c1-2-9-3-5-12(8-13,6-4-9)14-11(17)10-7-18-16-15-10/h7,9H,2-6H2,1H3,(H,14,17). The molecule has 1 amide bonds. The van der Waals surface area contributed by atoms with Crippen molar-refractivity contribution in [3.8, 4) is 6.07 Å². The van der Waals surface area contributed by atoms with E-state index in [1.807, 2.05) is 0 Å². The molecule has 0 radical (unpaired) electrons. The van der Waals surface area contributed by atoms with Crippen molar-refractivity contribution in [2.45, 2.75) is 44.6 Å². The minimum Gasteiger partial charge on any atom is -0.332 e. The van der Waals surface area contributed by atoms with E-state index in [1.165, 1.54) is 0 Å². The van der Waals surface area contributed by atoms with Gasteiger partial charge in [0.2, 0.25) is 0 Å². The average Bonchev–Trinajstić information content (AvgIpc) is 2.93. The summed E-state index contributed by atoms with van der Waals surface area (Å²) in [6.45, 7) is 2.17. The first kappa shape index (κ1) is 13.0. The molecule has 0 atom stereocenters. The van der Waals surface area contributed by atoms with Crippen molar-refractivity contribution in [2.75, 3.05) is 0 Å². The van der Waals surface area contributed by atoms with Gasteiger partial charge in [0.1, 0.15) is 5.54 Å². The molecular weight excluding hydrogens is 248 g/mol. The highest BCUT2D eigenvalue weighted by atomic mass is 32.1. The SMILES string of the molecule is CCC1CCC(C#N)(NC(=O)c2csnn2)CC1. The Morgan fingerprint density at radius 2 is 2.39 bits per heavy atom. The number of nitrogens with zero attached hydrogens (tertiary/aromatic N) is 3.